The van der Waals surface area contributed by atoms with E-state index in [1.165, 1.54) is 6.07 Å². The van der Waals surface area contributed by atoms with Crippen LogP contribution >= 0.6 is 11.6 Å². The van der Waals surface area contributed by atoms with Crippen LogP contribution in [0.2, 0.25) is 5.02 Å². The Morgan fingerprint density at radius 1 is 1.21 bits per heavy atom. The molecule has 150 valence electrons. The number of benzene rings is 2. The van der Waals surface area contributed by atoms with Crippen LogP contribution in [0.3, 0.4) is 0 Å². The normalized spacial score (nSPS) is 13.5. The molecule has 2 aromatic rings. The highest BCUT2D eigenvalue weighted by Crippen LogP contribution is 2.30. The Balaban J connectivity index is 1.59. The maximum atomic E-state index is 14.1. The van der Waals surface area contributed by atoms with E-state index in [9.17, 15) is 9.18 Å². The second-order valence-electron chi connectivity index (χ2n) is 6.80. The summed E-state index contributed by atoms with van der Waals surface area (Å²) in [5.74, 6) is 0.792. The Kier molecular flexibility index (Phi) is 6.75. The van der Waals surface area contributed by atoms with Gasteiger partial charge in [-0.1, -0.05) is 23.7 Å². The Morgan fingerprint density at radius 2 is 1.96 bits per heavy atom. The standard InChI is InChI=1S/C21H24ClFN2O3/c1-27-19-9-6-14(10-20(19)28-2)11-24-21(26)13-25(15-7-8-15)12-16-17(22)4-3-5-18(16)23/h3-6,9-10,15H,7-8,11-13H2,1-2H3,(H,24,26). The van der Waals surface area contributed by atoms with Gasteiger partial charge in [0.2, 0.25) is 5.91 Å². The van der Waals surface area contributed by atoms with Gasteiger partial charge in [-0.3, -0.25) is 9.69 Å². The Bertz CT molecular complexity index is 822. The zero-order valence-electron chi connectivity index (χ0n) is 16.0. The van der Waals surface area contributed by atoms with Crippen LogP contribution in [0, 0.1) is 5.82 Å². The Labute approximate surface area is 169 Å². The second-order valence-corrected chi connectivity index (χ2v) is 7.21. The molecule has 1 amide bonds. The van der Waals surface area contributed by atoms with Gasteiger partial charge in [-0.25, -0.2) is 4.39 Å². The summed E-state index contributed by atoms with van der Waals surface area (Å²) < 4.78 is 24.6. The number of amides is 1. The summed E-state index contributed by atoms with van der Waals surface area (Å²) in [5.41, 5.74) is 1.34. The van der Waals surface area contributed by atoms with Gasteiger partial charge in [-0.15, -0.1) is 0 Å². The highest BCUT2D eigenvalue weighted by molar-refractivity contribution is 6.31. The third kappa shape index (κ3) is 5.14. The van der Waals surface area contributed by atoms with Crippen molar-refractivity contribution in [2.45, 2.75) is 32.0 Å². The molecule has 0 radical (unpaired) electrons. The van der Waals surface area contributed by atoms with Crippen LogP contribution in [0.4, 0.5) is 4.39 Å². The number of nitrogens with zero attached hydrogens (tertiary/aromatic N) is 1. The summed E-state index contributed by atoms with van der Waals surface area (Å²) in [6.07, 6.45) is 2.02. The van der Waals surface area contributed by atoms with Crippen molar-refractivity contribution < 1.29 is 18.7 Å². The fourth-order valence-electron chi connectivity index (χ4n) is 3.07. The summed E-state index contributed by atoms with van der Waals surface area (Å²) in [5, 5.41) is 3.30. The van der Waals surface area contributed by atoms with Crippen LogP contribution in [-0.2, 0) is 17.9 Å². The molecule has 3 rings (SSSR count). The van der Waals surface area contributed by atoms with E-state index in [2.05, 4.69) is 5.32 Å². The number of hydrogen-bond acceptors (Lipinski definition) is 4. The van der Waals surface area contributed by atoms with Gasteiger partial charge in [0.1, 0.15) is 5.82 Å². The molecule has 0 aromatic heterocycles. The third-order valence-electron chi connectivity index (χ3n) is 4.77. The fourth-order valence-corrected chi connectivity index (χ4v) is 3.29. The Morgan fingerprint density at radius 3 is 2.61 bits per heavy atom. The van der Waals surface area contributed by atoms with Crippen LogP contribution in [0.1, 0.15) is 24.0 Å². The van der Waals surface area contributed by atoms with Gasteiger partial charge >= 0.3 is 0 Å². The van der Waals surface area contributed by atoms with Crippen molar-refractivity contribution in [3.8, 4) is 11.5 Å². The molecule has 1 aliphatic carbocycles. The minimum Gasteiger partial charge on any atom is -0.493 e. The smallest absolute Gasteiger partial charge is 0.234 e. The monoisotopic (exact) mass is 406 g/mol. The van der Waals surface area contributed by atoms with Gasteiger partial charge in [-0.2, -0.15) is 0 Å². The number of ether oxygens (including phenoxy) is 2. The fraction of sp³-hybridized carbons (Fsp3) is 0.381. The topological polar surface area (TPSA) is 50.8 Å². The van der Waals surface area contributed by atoms with Crippen LogP contribution in [0.5, 0.6) is 11.5 Å². The summed E-state index contributed by atoms with van der Waals surface area (Å²) >= 11 is 6.14. The first-order valence-corrected chi connectivity index (χ1v) is 9.54. The average molecular weight is 407 g/mol. The summed E-state index contributed by atoms with van der Waals surface area (Å²) in [6, 6.07) is 10.4. The van der Waals surface area contributed by atoms with E-state index in [0.29, 0.717) is 41.2 Å². The first kappa shape index (κ1) is 20.4. The van der Waals surface area contributed by atoms with E-state index >= 15 is 0 Å². The predicted molar refractivity (Wildman–Crippen MR) is 106 cm³/mol. The Hall–Kier alpha value is -2.31. The van der Waals surface area contributed by atoms with Crippen molar-refractivity contribution in [2.75, 3.05) is 20.8 Å². The molecule has 1 aliphatic rings. The number of nitrogens with one attached hydrogen (secondary N) is 1. The molecule has 2 aromatic carbocycles. The minimum atomic E-state index is -0.344. The van der Waals surface area contributed by atoms with E-state index in [1.54, 1.807) is 32.4 Å². The summed E-state index contributed by atoms with van der Waals surface area (Å²) in [7, 11) is 3.15. The molecule has 1 N–H and O–H groups in total. The van der Waals surface area contributed by atoms with Crippen LogP contribution in [0.15, 0.2) is 36.4 Å². The largest absolute Gasteiger partial charge is 0.493 e. The lowest BCUT2D eigenvalue weighted by molar-refractivity contribution is -0.122. The van der Waals surface area contributed by atoms with Crippen molar-refractivity contribution in [1.29, 1.82) is 0 Å². The van der Waals surface area contributed by atoms with Gasteiger partial charge in [0.05, 0.1) is 20.8 Å². The number of carbonyl (C=O) groups is 1. The van der Waals surface area contributed by atoms with Crippen molar-refractivity contribution >= 4 is 17.5 Å². The minimum absolute atomic E-state index is 0.117. The van der Waals surface area contributed by atoms with E-state index in [-0.39, 0.29) is 18.3 Å². The molecule has 0 atom stereocenters. The molecule has 1 fully saturated rings. The molecule has 0 spiro atoms. The zero-order chi connectivity index (χ0) is 20.1. The van der Waals surface area contributed by atoms with Gasteiger partial charge < -0.3 is 14.8 Å². The molecule has 7 heteroatoms. The van der Waals surface area contributed by atoms with Crippen LogP contribution in [0.25, 0.3) is 0 Å². The summed E-state index contributed by atoms with van der Waals surface area (Å²) in [4.78, 5) is 14.4. The number of carbonyl (C=O) groups excluding carboxylic acids is 1. The molecule has 0 unspecified atom stereocenters. The first-order chi connectivity index (χ1) is 13.5. The predicted octanol–water partition coefficient (Wildman–Crippen LogP) is 3.78. The lowest BCUT2D eigenvalue weighted by Gasteiger charge is -2.22. The maximum Gasteiger partial charge on any atom is 0.234 e. The average Bonchev–Trinajstić information content (AvgIpc) is 3.53. The molecule has 1 saturated carbocycles. The van der Waals surface area contributed by atoms with Crippen molar-refractivity contribution in [3.05, 3.63) is 58.4 Å². The summed E-state index contributed by atoms with van der Waals surface area (Å²) in [6.45, 7) is 0.890. The molecule has 0 saturated heterocycles. The second kappa shape index (κ2) is 9.26. The van der Waals surface area contributed by atoms with E-state index in [1.807, 2.05) is 17.0 Å². The van der Waals surface area contributed by atoms with Crippen molar-refractivity contribution in [3.63, 3.8) is 0 Å². The van der Waals surface area contributed by atoms with E-state index < -0.39 is 0 Å². The highest BCUT2D eigenvalue weighted by atomic mass is 35.5. The molecule has 0 heterocycles. The van der Waals surface area contributed by atoms with Crippen LogP contribution in [-0.4, -0.2) is 37.6 Å². The van der Waals surface area contributed by atoms with Crippen molar-refractivity contribution in [1.82, 2.24) is 10.2 Å². The van der Waals surface area contributed by atoms with Crippen molar-refractivity contribution in [2.24, 2.45) is 0 Å². The SMILES string of the molecule is COc1ccc(CNC(=O)CN(Cc2c(F)cccc2Cl)C2CC2)cc1OC. The lowest BCUT2D eigenvalue weighted by Crippen LogP contribution is -2.38. The molecule has 0 bridgehead atoms. The lowest BCUT2D eigenvalue weighted by atomic mass is 10.2. The van der Waals surface area contributed by atoms with E-state index in [4.69, 9.17) is 21.1 Å². The van der Waals surface area contributed by atoms with Gasteiger partial charge in [0.25, 0.3) is 0 Å². The maximum absolute atomic E-state index is 14.1. The number of hydrogen-bond donors (Lipinski definition) is 1. The molecule has 5 nitrogen and oxygen atoms in total. The molecule has 28 heavy (non-hydrogen) atoms. The number of halogens is 2. The highest BCUT2D eigenvalue weighted by Gasteiger charge is 2.31. The van der Waals surface area contributed by atoms with Gasteiger partial charge in [0.15, 0.2) is 11.5 Å². The number of methoxy groups -OCH3 is 2. The van der Waals surface area contributed by atoms with Gasteiger partial charge in [0, 0.05) is 29.7 Å². The quantitative estimate of drug-likeness (QED) is 0.688. The molecular weight excluding hydrogens is 383 g/mol. The zero-order valence-corrected chi connectivity index (χ0v) is 16.8. The molecule has 0 aliphatic heterocycles. The number of rotatable bonds is 9. The van der Waals surface area contributed by atoms with Gasteiger partial charge in [-0.05, 0) is 42.7 Å². The third-order valence-corrected chi connectivity index (χ3v) is 5.12. The van der Waals surface area contributed by atoms with E-state index in [0.717, 1.165) is 18.4 Å². The van der Waals surface area contributed by atoms with Crippen LogP contribution < -0.4 is 14.8 Å². The first-order valence-electron chi connectivity index (χ1n) is 9.16. The molecular formula is C21H24ClFN2O3.